The highest BCUT2D eigenvalue weighted by Gasteiger charge is 2.17. The van der Waals surface area contributed by atoms with Crippen molar-refractivity contribution >= 4 is 17.3 Å². The van der Waals surface area contributed by atoms with E-state index < -0.39 is 11.7 Å². The molecule has 0 unspecified atom stereocenters. The lowest BCUT2D eigenvalue weighted by Crippen LogP contribution is -2.46. The van der Waals surface area contributed by atoms with Crippen molar-refractivity contribution in [3.05, 3.63) is 59.4 Å². The zero-order valence-electron chi connectivity index (χ0n) is 14.8. The second-order valence-electron chi connectivity index (χ2n) is 6.35. The number of rotatable bonds is 4. The molecule has 0 aliphatic carbocycles. The van der Waals surface area contributed by atoms with E-state index in [1.165, 1.54) is 12.1 Å². The molecule has 2 aromatic carbocycles. The molecule has 0 spiro atoms. The lowest BCUT2D eigenvalue weighted by Gasteiger charge is -2.35. The maximum Gasteiger partial charge on any atom is 0.258 e. The molecule has 25 heavy (non-hydrogen) atoms. The number of hydrogen-bond acceptors (Lipinski definition) is 3. The van der Waals surface area contributed by atoms with Crippen molar-refractivity contribution < 1.29 is 9.18 Å². The monoisotopic (exact) mass is 341 g/mol. The van der Waals surface area contributed by atoms with Crippen LogP contribution in [0.5, 0.6) is 0 Å². The lowest BCUT2D eigenvalue weighted by molar-refractivity contribution is 0.102. The fraction of sp³-hybridized carbons (Fsp3) is 0.350. The van der Waals surface area contributed by atoms with Gasteiger partial charge in [0.2, 0.25) is 0 Å². The zero-order valence-corrected chi connectivity index (χ0v) is 14.8. The van der Waals surface area contributed by atoms with E-state index in [1.54, 1.807) is 12.1 Å². The largest absolute Gasteiger partial charge is 0.369 e. The highest BCUT2D eigenvalue weighted by molar-refractivity contribution is 6.04. The van der Waals surface area contributed by atoms with Gasteiger partial charge in [0.15, 0.2) is 0 Å². The number of aryl methyl sites for hydroxylation is 1. The van der Waals surface area contributed by atoms with Gasteiger partial charge in [-0.25, -0.2) is 4.39 Å². The Kier molecular flexibility index (Phi) is 5.34. The Balaban J connectivity index is 1.70. The molecule has 132 valence electrons. The summed E-state index contributed by atoms with van der Waals surface area (Å²) >= 11 is 0. The Bertz CT molecular complexity index is 754. The number of piperazine rings is 1. The number of nitrogens with one attached hydrogen (secondary N) is 1. The van der Waals surface area contributed by atoms with Gasteiger partial charge in [0.05, 0.1) is 5.56 Å². The molecular formula is C20H24FN3O. The average Bonchev–Trinajstić information content (AvgIpc) is 2.63. The van der Waals surface area contributed by atoms with Crippen molar-refractivity contribution in [3.63, 3.8) is 0 Å². The van der Waals surface area contributed by atoms with Gasteiger partial charge in [0.25, 0.3) is 5.91 Å². The third-order valence-electron chi connectivity index (χ3n) is 4.76. The van der Waals surface area contributed by atoms with E-state index in [-0.39, 0.29) is 5.56 Å². The summed E-state index contributed by atoms with van der Waals surface area (Å²) in [7, 11) is 0. The fourth-order valence-corrected chi connectivity index (χ4v) is 3.14. The van der Waals surface area contributed by atoms with Crippen LogP contribution in [0, 0.1) is 12.7 Å². The summed E-state index contributed by atoms with van der Waals surface area (Å²) in [6, 6.07) is 12.0. The average molecular weight is 341 g/mol. The van der Waals surface area contributed by atoms with Crippen LogP contribution in [0.3, 0.4) is 0 Å². The number of benzene rings is 2. The summed E-state index contributed by atoms with van der Waals surface area (Å²) in [6.07, 6.45) is 0. The molecule has 1 saturated heterocycles. The van der Waals surface area contributed by atoms with E-state index in [2.05, 4.69) is 28.1 Å². The predicted octanol–water partition coefficient (Wildman–Crippen LogP) is 3.53. The van der Waals surface area contributed by atoms with E-state index in [4.69, 9.17) is 0 Å². The van der Waals surface area contributed by atoms with Crippen molar-refractivity contribution in [1.29, 1.82) is 0 Å². The molecule has 1 fully saturated rings. The summed E-state index contributed by atoms with van der Waals surface area (Å²) in [5.74, 6) is -0.937. The Hall–Kier alpha value is -2.40. The van der Waals surface area contributed by atoms with Crippen molar-refractivity contribution in [2.75, 3.05) is 42.9 Å². The number of carbonyl (C=O) groups excluding carboxylic acids is 1. The van der Waals surface area contributed by atoms with E-state index in [0.29, 0.717) is 5.69 Å². The molecule has 5 heteroatoms. The zero-order chi connectivity index (χ0) is 17.8. The van der Waals surface area contributed by atoms with Crippen LogP contribution in [0.4, 0.5) is 15.8 Å². The molecule has 1 aliphatic heterocycles. The molecule has 0 atom stereocenters. The molecule has 0 radical (unpaired) electrons. The molecule has 3 rings (SSSR count). The van der Waals surface area contributed by atoms with Gasteiger partial charge in [-0.1, -0.05) is 19.1 Å². The van der Waals surface area contributed by atoms with Gasteiger partial charge in [-0.15, -0.1) is 0 Å². The first-order valence-corrected chi connectivity index (χ1v) is 8.72. The highest BCUT2D eigenvalue weighted by atomic mass is 19.1. The van der Waals surface area contributed by atoms with Crippen LogP contribution in [0.15, 0.2) is 42.5 Å². The van der Waals surface area contributed by atoms with Gasteiger partial charge in [-0.2, -0.15) is 0 Å². The summed E-state index contributed by atoms with van der Waals surface area (Å²) in [6.45, 7) is 9.40. The minimum absolute atomic E-state index is 0.0571. The number of likely N-dealkylation sites (N-methyl/N-ethyl adjacent to an activating group) is 1. The van der Waals surface area contributed by atoms with Crippen LogP contribution < -0.4 is 10.2 Å². The Morgan fingerprint density at radius 2 is 1.84 bits per heavy atom. The van der Waals surface area contributed by atoms with Gasteiger partial charge in [0.1, 0.15) is 5.82 Å². The highest BCUT2D eigenvalue weighted by Crippen LogP contribution is 2.24. The Morgan fingerprint density at radius 3 is 2.48 bits per heavy atom. The van der Waals surface area contributed by atoms with Gasteiger partial charge in [-0.05, 0) is 49.4 Å². The smallest absolute Gasteiger partial charge is 0.258 e. The first-order chi connectivity index (χ1) is 12.1. The summed E-state index contributed by atoms with van der Waals surface area (Å²) in [5.41, 5.74) is 2.91. The maximum atomic E-state index is 13.7. The van der Waals surface area contributed by atoms with Gasteiger partial charge in [-0.3, -0.25) is 4.79 Å². The molecule has 1 aliphatic rings. The van der Waals surface area contributed by atoms with E-state index >= 15 is 0 Å². The number of carbonyl (C=O) groups is 1. The topological polar surface area (TPSA) is 35.6 Å². The minimum atomic E-state index is -0.511. The van der Waals surface area contributed by atoms with Gasteiger partial charge < -0.3 is 15.1 Å². The minimum Gasteiger partial charge on any atom is -0.369 e. The molecule has 2 aromatic rings. The quantitative estimate of drug-likeness (QED) is 0.924. The molecule has 1 N–H and O–H groups in total. The molecule has 0 aromatic heterocycles. The Morgan fingerprint density at radius 1 is 1.12 bits per heavy atom. The van der Waals surface area contributed by atoms with Crippen LogP contribution >= 0.6 is 0 Å². The van der Waals surface area contributed by atoms with Gasteiger partial charge >= 0.3 is 0 Å². The molecule has 0 bridgehead atoms. The van der Waals surface area contributed by atoms with E-state index in [9.17, 15) is 9.18 Å². The van der Waals surface area contributed by atoms with Crippen molar-refractivity contribution in [2.45, 2.75) is 13.8 Å². The Labute approximate surface area is 148 Å². The molecule has 1 amide bonds. The predicted molar refractivity (Wildman–Crippen MR) is 99.9 cm³/mol. The molecular weight excluding hydrogens is 317 g/mol. The van der Waals surface area contributed by atoms with Crippen molar-refractivity contribution in [3.8, 4) is 0 Å². The van der Waals surface area contributed by atoms with Crippen molar-refractivity contribution in [1.82, 2.24) is 4.90 Å². The second kappa shape index (κ2) is 7.66. The van der Waals surface area contributed by atoms with Crippen LogP contribution in [-0.4, -0.2) is 43.5 Å². The summed E-state index contributed by atoms with van der Waals surface area (Å²) in [5, 5.41) is 2.81. The fourth-order valence-electron chi connectivity index (χ4n) is 3.14. The SMILES string of the molecule is CCN1CCN(c2ccc(NC(=O)c3ccccc3F)c(C)c2)CC1. The van der Waals surface area contributed by atoms with Gasteiger partial charge in [0, 0.05) is 37.6 Å². The van der Waals surface area contributed by atoms with Crippen LogP contribution in [0.25, 0.3) is 0 Å². The first-order valence-electron chi connectivity index (χ1n) is 8.72. The van der Waals surface area contributed by atoms with Crippen LogP contribution in [-0.2, 0) is 0 Å². The number of anilines is 2. The molecule has 0 saturated carbocycles. The molecule has 4 nitrogen and oxygen atoms in total. The standard InChI is InChI=1S/C20H24FN3O/c1-3-23-10-12-24(13-11-23)16-8-9-19(15(2)14-16)22-20(25)17-6-4-5-7-18(17)21/h4-9,14H,3,10-13H2,1-2H3,(H,22,25). The third-order valence-corrected chi connectivity index (χ3v) is 4.76. The van der Waals surface area contributed by atoms with Crippen LogP contribution in [0.1, 0.15) is 22.8 Å². The number of nitrogens with zero attached hydrogens (tertiary/aromatic N) is 2. The summed E-state index contributed by atoms with van der Waals surface area (Å²) < 4.78 is 13.7. The number of amides is 1. The number of halogens is 1. The normalized spacial score (nSPS) is 15.2. The van der Waals surface area contributed by atoms with Crippen molar-refractivity contribution in [2.24, 2.45) is 0 Å². The summed E-state index contributed by atoms with van der Waals surface area (Å²) in [4.78, 5) is 17.1. The van der Waals surface area contributed by atoms with E-state index in [0.717, 1.165) is 44.0 Å². The first kappa shape index (κ1) is 17.4. The maximum absolute atomic E-state index is 13.7. The lowest BCUT2D eigenvalue weighted by atomic mass is 10.1. The number of hydrogen-bond donors (Lipinski definition) is 1. The third kappa shape index (κ3) is 3.99. The van der Waals surface area contributed by atoms with E-state index in [1.807, 2.05) is 19.1 Å². The second-order valence-corrected chi connectivity index (χ2v) is 6.35. The van der Waals surface area contributed by atoms with Crippen LogP contribution in [0.2, 0.25) is 0 Å². The molecule has 1 heterocycles.